The van der Waals surface area contributed by atoms with E-state index in [1.165, 1.54) is 0 Å². The molecule has 0 atom stereocenters. The zero-order chi connectivity index (χ0) is 9.84. The maximum Gasteiger partial charge on any atom is 0.338 e. The average Bonchev–Trinajstić information content (AvgIpc) is 2.08. The number of carbonyl (C=O) groups excluding carboxylic acids is 1. The zero-order valence-electron chi connectivity index (χ0n) is 7.67. The lowest BCUT2D eigenvalue weighted by Crippen LogP contribution is -2.04. The predicted molar refractivity (Wildman–Crippen MR) is 51.9 cm³/mol. The summed E-state index contributed by atoms with van der Waals surface area (Å²) < 4.78 is 5.00. The van der Waals surface area contributed by atoms with Crippen molar-refractivity contribution in [2.45, 2.75) is 13.3 Å². The number of esters is 1. The molecule has 0 N–H and O–H groups in total. The Morgan fingerprint density at radius 3 is 2.69 bits per heavy atom. The van der Waals surface area contributed by atoms with E-state index in [-0.39, 0.29) is 5.97 Å². The Morgan fingerprint density at radius 2 is 2.23 bits per heavy atom. The van der Waals surface area contributed by atoms with Gasteiger partial charge in [-0.2, -0.15) is 0 Å². The molecule has 0 fully saturated rings. The van der Waals surface area contributed by atoms with Crippen molar-refractivity contribution in [3.8, 4) is 0 Å². The number of allylic oxidation sites excluding steroid dienone is 4. The summed E-state index contributed by atoms with van der Waals surface area (Å²) in [5.41, 5.74) is 1.41. The molecule has 0 radical (unpaired) electrons. The molecule has 0 aromatic carbocycles. The van der Waals surface area contributed by atoms with Crippen LogP contribution in [0.3, 0.4) is 0 Å². The molecule has 68 valence electrons. The summed E-state index contributed by atoms with van der Waals surface area (Å²) in [6, 6.07) is 0. The fourth-order valence-electron chi connectivity index (χ4n) is 0.838. The van der Waals surface area contributed by atoms with Gasteiger partial charge in [-0.05, 0) is 25.5 Å². The van der Waals surface area contributed by atoms with Crippen LogP contribution in [0.25, 0.3) is 0 Å². The lowest BCUT2D eigenvalue weighted by molar-refractivity contribution is -0.134. The Balaban J connectivity index is 2.57. The SMILES string of the molecule is C=C1C=CC(OC(=O)C(=C)C)=CC1. The molecule has 0 heterocycles. The summed E-state index contributed by atoms with van der Waals surface area (Å²) >= 11 is 0. The number of rotatable bonds is 2. The molecule has 1 aliphatic rings. The van der Waals surface area contributed by atoms with Gasteiger partial charge in [0, 0.05) is 5.57 Å². The molecular weight excluding hydrogens is 164 g/mol. The molecule has 0 aliphatic heterocycles. The van der Waals surface area contributed by atoms with Gasteiger partial charge in [0.05, 0.1) is 0 Å². The molecular formula is C11H12O2. The van der Waals surface area contributed by atoms with Crippen molar-refractivity contribution in [3.05, 3.63) is 48.3 Å². The van der Waals surface area contributed by atoms with E-state index >= 15 is 0 Å². The minimum absolute atomic E-state index is 0.386. The molecule has 2 nitrogen and oxygen atoms in total. The third-order valence-electron chi connectivity index (χ3n) is 1.61. The Labute approximate surface area is 77.9 Å². The fraction of sp³-hybridized carbons (Fsp3) is 0.182. The molecule has 0 aromatic heterocycles. The van der Waals surface area contributed by atoms with Gasteiger partial charge in [-0.15, -0.1) is 0 Å². The van der Waals surface area contributed by atoms with Gasteiger partial charge < -0.3 is 4.74 Å². The first kappa shape index (κ1) is 9.52. The van der Waals surface area contributed by atoms with Gasteiger partial charge in [-0.1, -0.05) is 24.8 Å². The molecule has 2 heteroatoms. The van der Waals surface area contributed by atoms with Crippen molar-refractivity contribution in [2.75, 3.05) is 0 Å². The van der Waals surface area contributed by atoms with E-state index in [1.54, 1.807) is 13.0 Å². The zero-order valence-corrected chi connectivity index (χ0v) is 7.67. The third-order valence-corrected chi connectivity index (χ3v) is 1.61. The van der Waals surface area contributed by atoms with Gasteiger partial charge in [0.1, 0.15) is 5.76 Å². The quantitative estimate of drug-likeness (QED) is 0.477. The highest BCUT2D eigenvalue weighted by atomic mass is 16.5. The van der Waals surface area contributed by atoms with Crippen molar-refractivity contribution in [1.29, 1.82) is 0 Å². The molecule has 0 unspecified atom stereocenters. The maximum atomic E-state index is 11.1. The van der Waals surface area contributed by atoms with Crippen molar-refractivity contribution < 1.29 is 9.53 Å². The second kappa shape index (κ2) is 3.90. The third kappa shape index (κ3) is 2.75. The number of hydrogen-bond donors (Lipinski definition) is 0. The smallest absolute Gasteiger partial charge is 0.338 e. The molecule has 13 heavy (non-hydrogen) atoms. The topological polar surface area (TPSA) is 26.3 Å². The van der Waals surface area contributed by atoms with Gasteiger partial charge in [0.25, 0.3) is 0 Å². The minimum atomic E-state index is -0.386. The number of carbonyl (C=O) groups is 1. The summed E-state index contributed by atoms with van der Waals surface area (Å²) in [6.07, 6.45) is 6.12. The summed E-state index contributed by atoms with van der Waals surface area (Å²) in [5, 5.41) is 0. The van der Waals surface area contributed by atoms with E-state index in [0.717, 1.165) is 12.0 Å². The standard InChI is InChI=1S/C11H12O2/c1-8(2)11(12)13-10-6-4-9(3)5-7-10/h4,6-7H,1,3,5H2,2H3. The Bertz CT molecular complexity index is 319. The van der Waals surface area contributed by atoms with Crippen LogP contribution in [0, 0.1) is 0 Å². The highest BCUT2D eigenvalue weighted by Crippen LogP contribution is 2.15. The molecule has 0 bridgehead atoms. The van der Waals surface area contributed by atoms with Crippen molar-refractivity contribution in [3.63, 3.8) is 0 Å². The first-order valence-electron chi connectivity index (χ1n) is 4.03. The summed E-state index contributed by atoms with van der Waals surface area (Å²) in [4.78, 5) is 11.1. The second-order valence-electron chi connectivity index (χ2n) is 2.97. The van der Waals surface area contributed by atoms with Gasteiger partial charge in [-0.3, -0.25) is 0 Å². The van der Waals surface area contributed by atoms with Crippen LogP contribution in [0.15, 0.2) is 48.3 Å². The Morgan fingerprint density at radius 1 is 1.54 bits per heavy atom. The van der Waals surface area contributed by atoms with Crippen LogP contribution >= 0.6 is 0 Å². The van der Waals surface area contributed by atoms with E-state index in [1.807, 2.05) is 12.2 Å². The molecule has 1 aliphatic carbocycles. The largest absolute Gasteiger partial charge is 0.424 e. The van der Waals surface area contributed by atoms with Crippen LogP contribution in [0.1, 0.15) is 13.3 Å². The van der Waals surface area contributed by atoms with Crippen molar-refractivity contribution in [2.24, 2.45) is 0 Å². The first-order chi connectivity index (χ1) is 6.09. The van der Waals surface area contributed by atoms with Gasteiger partial charge >= 0.3 is 5.97 Å². The van der Waals surface area contributed by atoms with Crippen LogP contribution < -0.4 is 0 Å². The number of hydrogen-bond acceptors (Lipinski definition) is 2. The summed E-state index contributed by atoms with van der Waals surface area (Å²) in [7, 11) is 0. The highest BCUT2D eigenvalue weighted by Gasteiger charge is 2.07. The monoisotopic (exact) mass is 176 g/mol. The normalized spacial score (nSPS) is 15.2. The molecule has 0 aromatic rings. The van der Waals surface area contributed by atoms with Crippen LogP contribution in [0.4, 0.5) is 0 Å². The fourth-order valence-corrected chi connectivity index (χ4v) is 0.838. The average molecular weight is 176 g/mol. The van der Waals surface area contributed by atoms with Crippen LogP contribution in [0.2, 0.25) is 0 Å². The van der Waals surface area contributed by atoms with Crippen molar-refractivity contribution >= 4 is 5.97 Å². The highest BCUT2D eigenvalue weighted by molar-refractivity contribution is 5.87. The van der Waals surface area contributed by atoms with Crippen LogP contribution in [-0.2, 0) is 9.53 Å². The minimum Gasteiger partial charge on any atom is -0.424 e. The van der Waals surface area contributed by atoms with Crippen LogP contribution in [-0.4, -0.2) is 5.97 Å². The van der Waals surface area contributed by atoms with E-state index in [9.17, 15) is 4.79 Å². The molecule has 1 rings (SSSR count). The summed E-state index contributed by atoms with van der Waals surface area (Å²) in [6.45, 7) is 8.88. The lowest BCUT2D eigenvalue weighted by Gasteiger charge is -2.08. The predicted octanol–water partition coefficient (Wildman–Crippen LogP) is 2.51. The van der Waals surface area contributed by atoms with E-state index in [2.05, 4.69) is 13.2 Å². The van der Waals surface area contributed by atoms with Gasteiger partial charge in [-0.25, -0.2) is 4.79 Å². The Hall–Kier alpha value is -1.57. The van der Waals surface area contributed by atoms with E-state index in [4.69, 9.17) is 4.74 Å². The Kier molecular flexibility index (Phi) is 2.85. The first-order valence-corrected chi connectivity index (χ1v) is 4.03. The van der Waals surface area contributed by atoms with Crippen molar-refractivity contribution in [1.82, 2.24) is 0 Å². The van der Waals surface area contributed by atoms with E-state index < -0.39 is 0 Å². The van der Waals surface area contributed by atoms with Gasteiger partial charge in [0.2, 0.25) is 0 Å². The maximum absolute atomic E-state index is 11.1. The summed E-state index contributed by atoms with van der Waals surface area (Å²) in [5.74, 6) is 0.184. The van der Waals surface area contributed by atoms with Crippen LogP contribution in [0.5, 0.6) is 0 Å². The molecule has 0 spiro atoms. The van der Waals surface area contributed by atoms with E-state index in [0.29, 0.717) is 11.3 Å². The molecule has 0 amide bonds. The molecule has 0 saturated carbocycles. The lowest BCUT2D eigenvalue weighted by atomic mass is 10.1. The number of ether oxygens (including phenoxy) is 1. The molecule has 0 saturated heterocycles. The van der Waals surface area contributed by atoms with Gasteiger partial charge in [0.15, 0.2) is 0 Å². The second-order valence-corrected chi connectivity index (χ2v) is 2.97.